The van der Waals surface area contributed by atoms with E-state index in [2.05, 4.69) is 24.8 Å². The lowest BCUT2D eigenvalue weighted by molar-refractivity contribution is -0.152. The predicted molar refractivity (Wildman–Crippen MR) is 117 cm³/mol. The van der Waals surface area contributed by atoms with Crippen LogP contribution in [0.5, 0.6) is 5.75 Å². The van der Waals surface area contributed by atoms with Crippen molar-refractivity contribution < 1.29 is 14.2 Å². The molecule has 0 aromatic heterocycles. The molecule has 0 saturated carbocycles. The molecule has 3 heteroatoms. The maximum Gasteiger partial charge on any atom is 0.296 e. The summed E-state index contributed by atoms with van der Waals surface area (Å²) in [5.41, 5.74) is 3.27. The van der Waals surface area contributed by atoms with Gasteiger partial charge in [-0.25, -0.2) is 0 Å². The van der Waals surface area contributed by atoms with Gasteiger partial charge < -0.3 is 14.2 Å². The molecule has 2 aliphatic rings. The molecule has 5 rings (SSSR count). The van der Waals surface area contributed by atoms with Crippen LogP contribution in [0.25, 0.3) is 0 Å². The zero-order valence-electron chi connectivity index (χ0n) is 16.7. The molecule has 0 aliphatic carbocycles. The second-order valence-corrected chi connectivity index (χ2v) is 7.33. The second-order valence-electron chi connectivity index (χ2n) is 7.33. The average molecular weight is 394 g/mol. The van der Waals surface area contributed by atoms with Gasteiger partial charge in [-0.3, -0.25) is 0 Å². The van der Waals surface area contributed by atoms with Crippen LogP contribution in [0.4, 0.5) is 0 Å². The fourth-order valence-electron chi connectivity index (χ4n) is 4.79. The van der Waals surface area contributed by atoms with Gasteiger partial charge in [0.2, 0.25) is 0 Å². The van der Waals surface area contributed by atoms with E-state index in [1.807, 2.05) is 72.8 Å². The Morgan fingerprint density at radius 1 is 0.800 bits per heavy atom. The van der Waals surface area contributed by atoms with Gasteiger partial charge in [0.1, 0.15) is 17.4 Å². The Hall–Kier alpha value is -3.72. The highest BCUT2D eigenvalue weighted by molar-refractivity contribution is 5.68. The first-order valence-corrected chi connectivity index (χ1v) is 9.93. The standard InChI is InChI=1S/C27H22O3/c1-3-12-22-25(19-28-2)30-27(21-15-8-5-9-16-21)26(22,20-13-6-4-7-14-20)23-17-10-11-18-24(23)29-27/h3-19H,1H2,2H3/b22-12+,25-19+. The highest BCUT2D eigenvalue weighted by Gasteiger charge is 2.71. The van der Waals surface area contributed by atoms with Gasteiger partial charge in [0.25, 0.3) is 5.79 Å². The summed E-state index contributed by atoms with van der Waals surface area (Å²) in [7, 11) is 1.62. The molecule has 30 heavy (non-hydrogen) atoms. The molecule has 2 unspecified atom stereocenters. The minimum Gasteiger partial charge on any atom is -0.500 e. The monoisotopic (exact) mass is 394 g/mol. The molecular formula is C27H22O3. The van der Waals surface area contributed by atoms with Gasteiger partial charge in [0, 0.05) is 16.7 Å². The van der Waals surface area contributed by atoms with Crippen molar-refractivity contribution in [2.75, 3.05) is 7.11 Å². The fraction of sp³-hybridized carbons (Fsp3) is 0.111. The van der Waals surface area contributed by atoms with Crippen molar-refractivity contribution in [3.05, 3.63) is 138 Å². The SMILES string of the molecule is C=C/C=C1\C(=C/OC)OC2(c3ccccc3)Oc3ccccc3C12c1ccccc1. The number of methoxy groups -OCH3 is 1. The molecular weight excluding hydrogens is 372 g/mol. The van der Waals surface area contributed by atoms with Crippen LogP contribution < -0.4 is 4.74 Å². The molecule has 0 N–H and O–H groups in total. The highest BCUT2D eigenvalue weighted by Crippen LogP contribution is 2.67. The number of fused-ring (bicyclic) bond motifs is 3. The summed E-state index contributed by atoms with van der Waals surface area (Å²) in [5, 5.41) is 0. The van der Waals surface area contributed by atoms with E-state index in [1.54, 1.807) is 19.4 Å². The van der Waals surface area contributed by atoms with E-state index in [9.17, 15) is 0 Å². The van der Waals surface area contributed by atoms with Crippen LogP contribution in [-0.2, 0) is 20.7 Å². The molecule has 148 valence electrons. The van der Waals surface area contributed by atoms with E-state index in [-0.39, 0.29) is 0 Å². The van der Waals surface area contributed by atoms with Crippen LogP contribution in [0.3, 0.4) is 0 Å². The minimum absolute atomic E-state index is 0.625. The first kappa shape index (κ1) is 18.3. The van der Waals surface area contributed by atoms with Crippen molar-refractivity contribution in [2.45, 2.75) is 11.2 Å². The van der Waals surface area contributed by atoms with E-state index in [0.717, 1.165) is 28.0 Å². The number of hydrogen-bond donors (Lipinski definition) is 0. The third-order valence-electron chi connectivity index (χ3n) is 5.83. The van der Waals surface area contributed by atoms with E-state index in [0.29, 0.717) is 5.76 Å². The van der Waals surface area contributed by atoms with Crippen molar-refractivity contribution in [2.24, 2.45) is 0 Å². The van der Waals surface area contributed by atoms with Gasteiger partial charge in [-0.2, -0.15) is 0 Å². The second kappa shape index (κ2) is 6.96. The third-order valence-corrected chi connectivity index (χ3v) is 5.83. The molecule has 2 aliphatic heterocycles. The van der Waals surface area contributed by atoms with Gasteiger partial charge in [-0.15, -0.1) is 0 Å². The summed E-state index contributed by atoms with van der Waals surface area (Å²) >= 11 is 0. The lowest BCUT2D eigenvalue weighted by Crippen LogP contribution is -2.47. The van der Waals surface area contributed by atoms with Crippen LogP contribution in [0, 0.1) is 0 Å². The van der Waals surface area contributed by atoms with Crippen LogP contribution in [0.2, 0.25) is 0 Å². The van der Waals surface area contributed by atoms with Crippen LogP contribution in [0.15, 0.2) is 121 Å². The molecule has 0 spiro atoms. The van der Waals surface area contributed by atoms with Gasteiger partial charge in [-0.1, -0.05) is 97.6 Å². The topological polar surface area (TPSA) is 27.7 Å². The van der Waals surface area contributed by atoms with Crippen LogP contribution >= 0.6 is 0 Å². The summed E-state index contributed by atoms with van der Waals surface area (Å²) in [6, 6.07) is 28.6. The third kappa shape index (κ3) is 2.26. The quantitative estimate of drug-likeness (QED) is 0.520. The van der Waals surface area contributed by atoms with Crippen molar-refractivity contribution in [1.29, 1.82) is 0 Å². The summed E-state index contributed by atoms with van der Waals surface area (Å²) in [6.45, 7) is 3.97. The van der Waals surface area contributed by atoms with E-state index < -0.39 is 11.2 Å². The number of allylic oxidation sites excluding steroid dienone is 3. The highest BCUT2D eigenvalue weighted by atomic mass is 16.7. The Morgan fingerprint density at radius 2 is 1.43 bits per heavy atom. The van der Waals surface area contributed by atoms with Gasteiger partial charge in [0.05, 0.1) is 7.11 Å². The summed E-state index contributed by atoms with van der Waals surface area (Å²) in [4.78, 5) is 0. The normalized spacial score (nSPS) is 26.6. The number of hydrogen-bond acceptors (Lipinski definition) is 3. The number of benzene rings is 3. The van der Waals surface area contributed by atoms with Crippen molar-refractivity contribution in [3.8, 4) is 5.75 Å². The Balaban J connectivity index is 1.96. The zero-order chi connectivity index (χ0) is 20.6. The first-order valence-electron chi connectivity index (χ1n) is 9.93. The molecule has 0 amide bonds. The number of ether oxygens (including phenoxy) is 3. The molecule has 0 radical (unpaired) electrons. The lowest BCUT2D eigenvalue weighted by Gasteiger charge is -2.37. The molecule has 3 aromatic rings. The summed E-state index contributed by atoms with van der Waals surface area (Å²) < 4.78 is 18.8. The van der Waals surface area contributed by atoms with E-state index in [1.165, 1.54) is 0 Å². The smallest absolute Gasteiger partial charge is 0.296 e. The van der Waals surface area contributed by atoms with Gasteiger partial charge in [0.15, 0.2) is 5.76 Å². The van der Waals surface area contributed by atoms with E-state index >= 15 is 0 Å². The van der Waals surface area contributed by atoms with Gasteiger partial charge in [-0.05, 0) is 11.6 Å². The summed E-state index contributed by atoms with van der Waals surface area (Å²) in [5.74, 6) is 0.314. The first-order chi connectivity index (χ1) is 14.8. The molecule has 0 bridgehead atoms. The zero-order valence-corrected chi connectivity index (χ0v) is 16.7. The summed E-state index contributed by atoms with van der Waals surface area (Å²) in [6.07, 6.45) is 5.41. The molecule has 3 aromatic carbocycles. The Labute approximate surface area is 176 Å². The van der Waals surface area contributed by atoms with Crippen LogP contribution in [-0.4, -0.2) is 7.11 Å². The van der Waals surface area contributed by atoms with Crippen molar-refractivity contribution in [1.82, 2.24) is 0 Å². The van der Waals surface area contributed by atoms with Crippen LogP contribution in [0.1, 0.15) is 16.7 Å². The van der Waals surface area contributed by atoms with Crippen molar-refractivity contribution >= 4 is 0 Å². The Morgan fingerprint density at radius 3 is 2.10 bits per heavy atom. The van der Waals surface area contributed by atoms with Gasteiger partial charge >= 0.3 is 0 Å². The number of para-hydroxylation sites is 1. The minimum atomic E-state index is -1.11. The Bertz CT molecular complexity index is 1150. The molecule has 1 fully saturated rings. The fourth-order valence-corrected chi connectivity index (χ4v) is 4.79. The predicted octanol–water partition coefficient (Wildman–Crippen LogP) is 5.85. The number of rotatable bonds is 4. The molecule has 2 heterocycles. The molecule has 1 saturated heterocycles. The Kier molecular flexibility index (Phi) is 4.25. The maximum absolute atomic E-state index is 6.72. The lowest BCUT2D eigenvalue weighted by atomic mass is 9.64. The maximum atomic E-state index is 6.72. The molecule has 2 atom stereocenters. The molecule has 3 nitrogen and oxygen atoms in total. The largest absolute Gasteiger partial charge is 0.500 e. The van der Waals surface area contributed by atoms with Crippen molar-refractivity contribution in [3.63, 3.8) is 0 Å². The van der Waals surface area contributed by atoms with E-state index in [4.69, 9.17) is 14.2 Å². The average Bonchev–Trinajstić information content (AvgIpc) is 3.24.